The lowest BCUT2D eigenvalue weighted by atomic mass is 9.67. The first kappa shape index (κ1) is 21.3. The van der Waals surface area contributed by atoms with Gasteiger partial charge in [-0.1, -0.05) is 13.8 Å². The van der Waals surface area contributed by atoms with E-state index in [-0.39, 0.29) is 18.0 Å². The third kappa shape index (κ3) is 3.48. The standard InChI is InChI=1S/C27H27N3O3/c1-15(2)32-22-12-19-20(13-23(22)33-17-7-9-29-10-8-17)27(3,4)26-24(25(19)31)18-6-5-16(14-28)11-21(18)30-26/h7-12,15,23,30H,5-6,13H2,1-4H3. The molecule has 6 nitrogen and oxygen atoms in total. The number of hydrogen-bond acceptors (Lipinski definition) is 5. The normalized spacial score (nSPS) is 20.8. The second-order valence-electron chi connectivity index (χ2n) is 9.60. The average molecular weight is 442 g/mol. The summed E-state index contributed by atoms with van der Waals surface area (Å²) in [5.41, 5.74) is 5.68. The SMILES string of the molecule is CC(C)OC1=CC2=C(CC1Oc1ccncc1)C(C)(C)c1[nH]c3c(c1C2=O)CCC(C#N)=C3. The highest BCUT2D eigenvalue weighted by atomic mass is 16.5. The lowest BCUT2D eigenvalue weighted by Gasteiger charge is -2.39. The van der Waals surface area contributed by atoms with Crippen LogP contribution in [-0.2, 0) is 16.6 Å². The topological polar surface area (TPSA) is 88.0 Å². The summed E-state index contributed by atoms with van der Waals surface area (Å²) in [5, 5.41) is 9.35. The zero-order valence-electron chi connectivity index (χ0n) is 19.4. The van der Waals surface area contributed by atoms with Gasteiger partial charge in [0.25, 0.3) is 0 Å². The van der Waals surface area contributed by atoms with E-state index < -0.39 is 5.41 Å². The van der Waals surface area contributed by atoms with E-state index in [0.717, 1.165) is 33.7 Å². The number of aromatic nitrogens is 2. The Morgan fingerprint density at radius 1 is 1.21 bits per heavy atom. The molecule has 1 N–H and O–H groups in total. The van der Waals surface area contributed by atoms with Crippen molar-refractivity contribution >= 4 is 11.9 Å². The summed E-state index contributed by atoms with van der Waals surface area (Å²) in [7, 11) is 0. The van der Waals surface area contributed by atoms with Gasteiger partial charge in [-0.25, -0.2) is 0 Å². The highest BCUT2D eigenvalue weighted by Gasteiger charge is 2.45. The van der Waals surface area contributed by atoms with E-state index in [1.54, 1.807) is 12.4 Å². The molecule has 0 radical (unpaired) electrons. The molecule has 6 heteroatoms. The highest BCUT2D eigenvalue weighted by molar-refractivity contribution is 6.15. The lowest BCUT2D eigenvalue weighted by molar-refractivity contribution is 0.0759. The van der Waals surface area contributed by atoms with Crippen LogP contribution in [0.1, 0.15) is 67.8 Å². The number of pyridine rings is 1. The van der Waals surface area contributed by atoms with Crippen molar-refractivity contribution in [1.82, 2.24) is 9.97 Å². The quantitative estimate of drug-likeness (QED) is 0.705. The van der Waals surface area contributed by atoms with Crippen molar-refractivity contribution in [2.45, 2.75) is 64.6 Å². The maximum Gasteiger partial charge on any atom is 0.195 e. The molecule has 1 atom stereocenters. The molecule has 0 amide bonds. The summed E-state index contributed by atoms with van der Waals surface area (Å²) in [6.45, 7) is 8.24. The molecule has 168 valence electrons. The van der Waals surface area contributed by atoms with E-state index in [4.69, 9.17) is 9.47 Å². The summed E-state index contributed by atoms with van der Waals surface area (Å²) in [5.74, 6) is 1.41. The number of Topliss-reactive ketones (excluding diaryl/α,β-unsaturated/α-hetero) is 1. The third-order valence-electron chi connectivity index (χ3n) is 6.71. The minimum absolute atomic E-state index is 0.0258. The predicted molar refractivity (Wildman–Crippen MR) is 125 cm³/mol. The van der Waals surface area contributed by atoms with E-state index in [0.29, 0.717) is 36.3 Å². The van der Waals surface area contributed by atoms with Gasteiger partial charge in [0.05, 0.1) is 12.2 Å². The Labute approximate surface area is 193 Å². The summed E-state index contributed by atoms with van der Waals surface area (Å²) in [6.07, 6.45) is 8.69. The van der Waals surface area contributed by atoms with Gasteiger partial charge >= 0.3 is 0 Å². The number of carbonyl (C=O) groups excluding carboxylic acids is 1. The second kappa shape index (κ2) is 7.77. The van der Waals surface area contributed by atoms with Crippen LogP contribution in [0.4, 0.5) is 0 Å². The zero-order chi connectivity index (χ0) is 23.3. The smallest absolute Gasteiger partial charge is 0.195 e. The van der Waals surface area contributed by atoms with Gasteiger partial charge in [0.2, 0.25) is 0 Å². The molecule has 0 aliphatic heterocycles. The van der Waals surface area contributed by atoms with Crippen molar-refractivity contribution in [3.63, 3.8) is 0 Å². The van der Waals surface area contributed by atoms with E-state index in [2.05, 4.69) is 29.9 Å². The monoisotopic (exact) mass is 441 g/mol. The number of rotatable bonds is 4. The Balaban J connectivity index is 1.60. The molecule has 1 unspecified atom stereocenters. The highest BCUT2D eigenvalue weighted by Crippen LogP contribution is 2.48. The molecule has 0 aromatic carbocycles. The summed E-state index contributed by atoms with van der Waals surface area (Å²) in [4.78, 5) is 21.4. The van der Waals surface area contributed by atoms with Gasteiger partial charge in [-0.05, 0) is 62.1 Å². The molecular weight excluding hydrogens is 414 g/mol. The predicted octanol–water partition coefficient (Wildman–Crippen LogP) is 5.19. The van der Waals surface area contributed by atoms with Crippen molar-refractivity contribution in [3.05, 3.63) is 75.6 Å². The number of nitriles is 1. The number of aromatic amines is 1. The average Bonchev–Trinajstić information content (AvgIpc) is 3.19. The number of carbonyl (C=O) groups is 1. The minimum Gasteiger partial charge on any atom is -0.491 e. The number of ketones is 1. The van der Waals surface area contributed by atoms with Crippen LogP contribution in [0.3, 0.4) is 0 Å². The van der Waals surface area contributed by atoms with Crippen LogP contribution < -0.4 is 4.74 Å². The van der Waals surface area contributed by atoms with E-state index in [9.17, 15) is 10.1 Å². The van der Waals surface area contributed by atoms with Crippen LogP contribution in [0.15, 0.2) is 53.1 Å². The van der Waals surface area contributed by atoms with Gasteiger partial charge in [0.15, 0.2) is 11.9 Å². The summed E-state index contributed by atoms with van der Waals surface area (Å²) < 4.78 is 12.4. The second-order valence-corrected chi connectivity index (χ2v) is 9.60. The molecule has 0 saturated carbocycles. The van der Waals surface area contributed by atoms with Gasteiger partial charge < -0.3 is 14.5 Å². The van der Waals surface area contributed by atoms with Crippen LogP contribution in [0.5, 0.6) is 5.75 Å². The van der Waals surface area contributed by atoms with E-state index in [1.807, 2.05) is 38.1 Å². The largest absolute Gasteiger partial charge is 0.491 e. The fourth-order valence-electron chi connectivity index (χ4n) is 5.12. The molecule has 5 rings (SSSR count). The fraction of sp³-hybridized carbons (Fsp3) is 0.370. The first-order chi connectivity index (χ1) is 15.8. The van der Waals surface area contributed by atoms with Crippen molar-refractivity contribution in [2.24, 2.45) is 0 Å². The molecule has 0 bridgehead atoms. The maximum absolute atomic E-state index is 13.8. The Morgan fingerprint density at radius 2 is 1.97 bits per heavy atom. The Kier molecular flexibility index (Phi) is 5.01. The first-order valence-corrected chi connectivity index (χ1v) is 11.4. The first-order valence-electron chi connectivity index (χ1n) is 11.4. The minimum atomic E-state index is -0.393. The Morgan fingerprint density at radius 3 is 2.67 bits per heavy atom. The molecular formula is C27H27N3O3. The Bertz CT molecular complexity index is 1270. The molecule has 2 aromatic rings. The number of nitrogens with one attached hydrogen (secondary N) is 1. The van der Waals surface area contributed by atoms with Crippen LogP contribution >= 0.6 is 0 Å². The number of fused-ring (bicyclic) bond motifs is 3. The van der Waals surface area contributed by atoms with Crippen molar-refractivity contribution in [2.75, 3.05) is 0 Å². The van der Waals surface area contributed by atoms with Crippen molar-refractivity contribution in [1.29, 1.82) is 5.26 Å². The fourth-order valence-corrected chi connectivity index (χ4v) is 5.12. The van der Waals surface area contributed by atoms with Gasteiger partial charge in [-0.3, -0.25) is 9.78 Å². The van der Waals surface area contributed by atoms with E-state index >= 15 is 0 Å². The maximum atomic E-state index is 13.8. The molecule has 0 saturated heterocycles. The van der Waals surface area contributed by atoms with Crippen LogP contribution in [-0.4, -0.2) is 28.0 Å². The van der Waals surface area contributed by atoms with Crippen LogP contribution in [0, 0.1) is 11.3 Å². The molecule has 33 heavy (non-hydrogen) atoms. The molecule has 3 aliphatic rings. The van der Waals surface area contributed by atoms with Crippen molar-refractivity contribution in [3.8, 4) is 11.8 Å². The summed E-state index contributed by atoms with van der Waals surface area (Å²) in [6, 6.07) is 5.91. The number of ether oxygens (including phenoxy) is 2. The molecule has 2 heterocycles. The number of hydrogen-bond donors (Lipinski definition) is 1. The molecule has 0 fully saturated rings. The van der Waals surface area contributed by atoms with Gasteiger partial charge in [-0.2, -0.15) is 5.26 Å². The molecule has 0 spiro atoms. The van der Waals surface area contributed by atoms with E-state index in [1.165, 1.54) is 0 Å². The molecule has 3 aliphatic carbocycles. The number of nitrogens with zero attached hydrogens (tertiary/aromatic N) is 2. The van der Waals surface area contributed by atoms with Gasteiger partial charge in [-0.15, -0.1) is 0 Å². The summed E-state index contributed by atoms with van der Waals surface area (Å²) >= 11 is 0. The van der Waals surface area contributed by atoms with Gasteiger partial charge in [0.1, 0.15) is 11.5 Å². The Hall–Kier alpha value is -3.59. The lowest BCUT2D eigenvalue weighted by Crippen LogP contribution is -2.38. The third-order valence-corrected chi connectivity index (χ3v) is 6.71. The van der Waals surface area contributed by atoms with Crippen molar-refractivity contribution < 1.29 is 14.3 Å². The van der Waals surface area contributed by atoms with Crippen LogP contribution in [0.2, 0.25) is 0 Å². The van der Waals surface area contributed by atoms with Gasteiger partial charge in [0, 0.05) is 52.3 Å². The number of H-pyrrole nitrogens is 1. The zero-order valence-corrected chi connectivity index (χ0v) is 19.4. The van der Waals surface area contributed by atoms with Crippen LogP contribution in [0.25, 0.3) is 6.08 Å². The number of allylic oxidation sites excluding steroid dienone is 3. The molecule has 2 aromatic heterocycles.